The lowest BCUT2D eigenvalue weighted by Crippen LogP contribution is -2.16. The van der Waals surface area contributed by atoms with E-state index in [0.717, 1.165) is 55.4 Å². The molecule has 3 aromatic rings. The van der Waals surface area contributed by atoms with E-state index in [1.807, 2.05) is 36.4 Å². The van der Waals surface area contributed by atoms with Gasteiger partial charge in [0.05, 0.1) is 19.6 Å². The first kappa shape index (κ1) is 26.1. The first-order valence-electron chi connectivity index (χ1n) is 13.6. The van der Waals surface area contributed by atoms with Gasteiger partial charge in [0.25, 0.3) is 0 Å². The van der Waals surface area contributed by atoms with Gasteiger partial charge in [-0.05, 0) is 97.5 Å². The molecule has 0 bridgehead atoms. The van der Waals surface area contributed by atoms with E-state index in [1.54, 1.807) is 19.2 Å². The highest BCUT2D eigenvalue weighted by Gasteiger charge is 2.25. The van der Waals surface area contributed by atoms with Gasteiger partial charge in [0.2, 0.25) is 0 Å². The molecule has 1 saturated carbocycles. The van der Waals surface area contributed by atoms with E-state index < -0.39 is 5.97 Å². The fourth-order valence-corrected chi connectivity index (χ4v) is 5.70. The summed E-state index contributed by atoms with van der Waals surface area (Å²) >= 11 is 0. The van der Waals surface area contributed by atoms with E-state index >= 15 is 0 Å². The van der Waals surface area contributed by atoms with Crippen LogP contribution in [0.25, 0.3) is 11.1 Å². The number of carboxylic acid groups (broad SMARTS) is 1. The third-order valence-electron chi connectivity index (χ3n) is 7.75. The molecule has 3 aromatic carbocycles. The Morgan fingerprint density at radius 2 is 1.71 bits per heavy atom. The second kappa shape index (κ2) is 11.9. The normalized spacial score (nSPS) is 17.5. The van der Waals surface area contributed by atoms with Gasteiger partial charge in [0, 0.05) is 11.1 Å². The van der Waals surface area contributed by atoms with Crippen molar-refractivity contribution in [2.45, 2.75) is 76.4 Å². The lowest BCUT2D eigenvalue weighted by atomic mass is 9.98. The summed E-state index contributed by atoms with van der Waals surface area (Å²) in [5.41, 5.74) is 4.34. The highest BCUT2D eigenvalue weighted by Crippen LogP contribution is 2.39. The summed E-state index contributed by atoms with van der Waals surface area (Å²) in [4.78, 5) is 11.3. The SMILES string of the molecule is COc1ccc(F)c(-c2ccc(COc3ccc4c(c3)[C@@H](CC(=O)O)CC4)cc2OC2CCCCCC2)c1. The maximum absolute atomic E-state index is 14.9. The van der Waals surface area contributed by atoms with Crippen molar-refractivity contribution in [1.29, 1.82) is 0 Å². The Labute approximate surface area is 223 Å². The molecular formula is C32H35FO5. The molecular weight excluding hydrogens is 483 g/mol. The molecule has 200 valence electrons. The van der Waals surface area contributed by atoms with Gasteiger partial charge in [-0.2, -0.15) is 0 Å². The van der Waals surface area contributed by atoms with Crippen molar-refractivity contribution < 1.29 is 28.5 Å². The number of carbonyl (C=O) groups is 1. The van der Waals surface area contributed by atoms with Gasteiger partial charge in [-0.1, -0.05) is 31.0 Å². The second-order valence-corrected chi connectivity index (χ2v) is 10.4. The topological polar surface area (TPSA) is 65.0 Å². The number of methoxy groups -OCH3 is 1. The van der Waals surface area contributed by atoms with Crippen LogP contribution in [-0.4, -0.2) is 24.3 Å². The van der Waals surface area contributed by atoms with E-state index in [-0.39, 0.29) is 24.3 Å². The molecule has 0 saturated heterocycles. The van der Waals surface area contributed by atoms with Crippen LogP contribution in [0, 0.1) is 5.82 Å². The van der Waals surface area contributed by atoms with Gasteiger partial charge in [0.1, 0.15) is 29.7 Å². The van der Waals surface area contributed by atoms with E-state index in [2.05, 4.69) is 0 Å². The van der Waals surface area contributed by atoms with Gasteiger partial charge >= 0.3 is 5.97 Å². The standard InChI is InChI=1S/C32H35FO5/c1-36-25-13-15-30(33)29(18-25)27-14-8-21(16-31(27)38-24-6-4-2-3-5-7-24)20-37-26-12-11-22-9-10-23(17-32(34)35)28(22)19-26/h8,11-16,18-19,23-24H,2-7,9-10,17,20H2,1H3,(H,34,35)/t23-/m1/s1. The highest BCUT2D eigenvalue weighted by molar-refractivity contribution is 5.73. The summed E-state index contributed by atoms with van der Waals surface area (Å²) in [6.07, 6.45) is 8.70. The predicted octanol–water partition coefficient (Wildman–Crippen LogP) is 7.69. The first-order valence-corrected chi connectivity index (χ1v) is 13.6. The smallest absolute Gasteiger partial charge is 0.303 e. The van der Waals surface area contributed by atoms with Crippen LogP contribution in [0.1, 0.15) is 74.0 Å². The molecule has 0 heterocycles. The minimum absolute atomic E-state index is 0.0303. The molecule has 1 fully saturated rings. The van der Waals surface area contributed by atoms with Gasteiger partial charge in [-0.15, -0.1) is 0 Å². The summed E-state index contributed by atoms with van der Waals surface area (Å²) in [7, 11) is 1.57. The molecule has 0 aliphatic heterocycles. The third-order valence-corrected chi connectivity index (χ3v) is 7.75. The van der Waals surface area contributed by atoms with E-state index in [0.29, 0.717) is 29.2 Å². The Morgan fingerprint density at radius 1 is 0.921 bits per heavy atom. The number of aliphatic carboxylic acids is 1. The molecule has 0 unspecified atom stereocenters. The zero-order valence-corrected chi connectivity index (χ0v) is 21.9. The molecule has 2 aliphatic rings. The number of benzene rings is 3. The molecule has 5 rings (SSSR count). The molecule has 0 aromatic heterocycles. The average molecular weight is 519 g/mol. The summed E-state index contributed by atoms with van der Waals surface area (Å²) in [5, 5.41) is 9.26. The second-order valence-electron chi connectivity index (χ2n) is 10.4. The quantitative estimate of drug-likeness (QED) is 0.294. The number of fused-ring (bicyclic) bond motifs is 1. The Bertz CT molecular complexity index is 1280. The molecule has 5 nitrogen and oxygen atoms in total. The lowest BCUT2D eigenvalue weighted by Gasteiger charge is -2.21. The largest absolute Gasteiger partial charge is 0.497 e. The van der Waals surface area contributed by atoms with Crippen LogP contribution in [0.3, 0.4) is 0 Å². The molecule has 0 spiro atoms. The minimum atomic E-state index is -0.775. The fourth-order valence-electron chi connectivity index (χ4n) is 5.70. The minimum Gasteiger partial charge on any atom is -0.497 e. The number of hydrogen-bond donors (Lipinski definition) is 1. The van der Waals surface area contributed by atoms with Crippen molar-refractivity contribution in [3.63, 3.8) is 0 Å². The van der Waals surface area contributed by atoms with Crippen molar-refractivity contribution in [3.05, 3.63) is 77.1 Å². The number of hydrogen-bond acceptors (Lipinski definition) is 4. The zero-order chi connectivity index (χ0) is 26.5. The van der Waals surface area contributed by atoms with Crippen LogP contribution >= 0.6 is 0 Å². The van der Waals surface area contributed by atoms with Gasteiger partial charge in [-0.3, -0.25) is 4.79 Å². The first-order chi connectivity index (χ1) is 18.5. The molecule has 1 atom stereocenters. The Hall–Kier alpha value is -3.54. The molecule has 38 heavy (non-hydrogen) atoms. The zero-order valence-electron chi connectivity index (χ0n) is 21.9. The van der Waals surface area contributed by atoms with Crippen molar-refractivity contribution in [2.24, 2.45) is 0 Å². The van der Waals surface area contributed by atoms with Gasteiger partial charge < -0.3 is 19.3 Å². The molecule has 2 aliphatic carbocycles. The predicted molar refractivity (Wildman–Crippen MR) is 145 cm³/mol. The van der Waals surface area contributed by atoms with Crippen molar-refractivity contribution >= 4 is 5.97 Å². The number of halogens is 1. The van der Waals surface area contributed by atoms with Crippen LogP contribution in [0.4, 0.5) is 4.39 Å². The number of rotatable bonds is 9. The van der Waals surface area contributed by atoms with Crippen molar-refractivity contribution in [2.75, 3.05) is 7.11 Å². The molecule has 0 radical (unpaired) electrons. The van der Waals surface area contributed by atoms with E-state index in [1.165, 1.54) is 24.5 Å². The van der Waals surface area contributed by atoms with Crippen LogP contribution < -0.4 is 14.2 Å². The summed E-state index contributed by atoms with van der Waals surface area (Å²) < 4.78 is 33.0. The summed E-state index contributed by atoms with van der Waals surface area (Å²) in [5.74, 6) is 0.892. The fraction of sp³-hybridized carbons (Fsp3) is 0.406. The van der Waals surface area contributed by atoms with E-state index in [4.69, 9.17) is 14.2 Å². The van der Waals surface area contributed by atoms with Crippen molar-refractivity contribution in [3.8, 4) is 28.4 Å². The summed E-state index contributed by atoms with van der Waals surface area (Å²) in [6, 6.07) is 16.5. The lowest BCUT2D eigenvalue weighted by molar-refractivity contribution is -0.137. The van der Waals surface area contributed by atoms with Gasteiger partial charge in [-0.25, -0.2) is 4.39 Å². The van der Waals surface area contributed by atoms with E-state index in [9.17, 15) is 14.3 Å². The van der Waals surface area contributed by atoms with Crippen LogP contribution in [0.5, 0.6) is 17.2 Å². The monoisotopic (exact) mass is 518 g/mol. The van der Waals surface area contributed by atoms with Crippen LogP contribution in [-0.2, 0) is 17.8 Å². The number of aryl methyl sites for hydroxylation is 1. The number of carboxylic acids is 1. The highest BCUT2D eigenvalue weighted by atomic mass is 19.1. The summed E-state index contributed by atoms with van der Waals surface area (Å²) in [6.45, 7) is 0.324. The Balaban J connectivity index is 1.39. The maximum Gasteiger partial charge on any atom is 0.303 e. The van der Waals surface area contributed by atoms with Crippen LogP contribution in [0.15, 0.2) is 54.6 Å². The van der Waals surface area contributed by atoms with Crippen molar-refractivity contribution in [1.82, 2.24) is 0 Å². The van der Waals surface area contributed by atoms with Crippen LogP contribution in [0.2, 0.25) is 0 Å². The maximum atomic E-state index is 14.9. The Kier molecular flexibility index (Phi) is 8.16. The average Bonchev–Trinajstić information content (AvgIpc) is 3.12. The molecule has 1 N–H and O–H groups in total. The third kappa shape index (κ3) is 6.12. The Morgan fingerprint density at radius 3 is 2.47 bits per heavy atom. The molecule has 0 amide bonds. The molecule has 6 heteroatoms. The van der Waals surface area contributed by atoms with Gasteiger partial charge in [0.15, 0.2) is 0 Å². The number of ether oxygens (including phenoxy) is 3.